The van der Waals surface area contributed by atoms with Crippen molar-refractivity contribution in [2.75, 3.05) is 13.1 Å². The van der Waals surface area contributed by atoms with Crippen molar-refractivity contribution in [1.29, 1.82) is 0 Å². The van der Waals surface area contributed by atoms with E-state index in [0.717, 1.165) is 54.8 Å². The van der Waals surface area contributed by atoms with Crippen molar-refractivity contribution in [3.8, 4) is 16.9 Å². The van der Waals surface area contributed by atoms with Crippen molar-refractivity contribution < 1.29 is 49.5 Å². The van der Waals surface area contributed by atoms with Crippen LogP contribution in [0.3, 0.4) is 0 Å². The van der Waals surface area contributed by atoms with Crippen LogP contribution in [0.5, 0.6) is 5.75 Å². The number of ether oxygens (including phenoxy) is 1. The molecule has 52 heavy (non-hydrogen) atoms. The van der Waals surface area contributed by atoms with Gasteiger partial charge in [0.15, 0.2) is 0 Å². The molecule has 16 heteroatoms. The van der Waals surface area contributed by atoms with Crippen LogP contribution in [0.25, 0.3) is 21.9 Å². The monoisotopic (exact) mass is 765 g/mol. The summed E-state index contributed by atoms with van der Waals surface area (Å²) in [4.78, 5) is 30.5. The average Bonchev–Trinajstić information content (AvgIpc) is 3.79. The number of carbonyl (C=O) groups excluding carboxylic acids is 2. The number of carbonyl (C=O) groups is 2. The molecule has 4 aromatic rings. The Morgan fingerprint density at radius 1 is 0.846 bits per heavy atom. The number of nitrogens with two attached hydrogens (primary N) is 1. The second kappa shape index (κ2) is 14.6. The van der Waals surface area contributed by atoms with Crippen LogP contribution >= 0.6 is 11.6 Å². The highest BCUT2D eigenvalue weighted by Gasteiger charge is 2.58. The molecule has 9 nitrogen and oxygen atoms in total. The fourth-order valence-corrected chi connectivity index (χ4v) is 7.85. The maximum absolute atomic E-state index is 16.8. The minimum Gasteiger partial charge on any atom is -0.490 e. The zero-order valence-electron chi connectivity index (χ0n) is 27.4. The lowest BCUT2D eigenvalue weighted by Gasteiger charge is -2.35. The molecule has 0 unspecified atom stereocenters. The highest BCUT2D eigenvalue weighted by atomic mass is 35.5. The molecule has 2 fully saturated rings. The summed E-state index contributed by atoms with van der Waals surface area (Å²) in [7, 11) is -5.62. The number of likely N-dealkylation sites (tertiary alicyclic amines) is 1. The van der Waals surface area contributed by atoms with E-state index in [1.165, 1.54) is 24.3 Å². The Labute approximate surface area is 301 Å². The molecule has 0 radical (unpaired) electrons. The molecule has 2 aliphatic rings. The summed E-state index contributed by atoms with van der Waals surface area (Å²) in [6, 6.07) is 14.7. The molecule has 276 valence electrons. The lowest BCUT2D eigenvalue weighted by molar-refractivity contribution is -0.239. The first-order chi connectivity index (χ1) is 24.5. The van der Waals surface area contributed by atoms with Gasteiger partial charge in [-0.15, -0.1) is 0 Å². The second-order valence-electron chi connectivity index (χ2n) is 12.8. The van der Waals surface area contributed by atoms with Gasteiger partial charge in [0.05, 0.1) is 11.0 Å². The van der Waals surface area contributed by atoms with Gasteiger partial charge in [-0.1, -0.05) is 60.1 Å². The van der Waals surface area contributed by atoms with Crippen molar-refractivity contribution in [2.45, 2.75) is 67.3 Å². The lowest BCUT2D eigenvalue weighted by Crippen LogP contribution is -2.58. The fraction of sp³-hybridized carbons (Fsp3) is 0.333. The Hall–Kier alpha value is -4.31. The third-order valence-corrected chi connectivity index (χ3v) is 11.0. The Morgan fingerprint density at radius 2 is 1.44 bits per heavy atom. The quantitative estimate of drug-likeness (QED) is 0.134. The van der Waals surface area contributed by atoms with Gasteiger partial charge in [-0.2, -0.15) is 22.0 Å². The van der Waals surface area contributed by atoms with Gasteiger partial charge in [0.2, 0.25) is 6.04 Å². The number of sulfonamides is 1. The summed E-state index contributed by atoms with van der Waals surface area (Å²) in [5.74, 6) is -8.81. The molecule has 0 spiro atoms. The van der Waals surface area contributed by atoms with Gasteiger partial charge in [0, 0.05) is 29.7 Å². The Bertz CT molecular complexity index is 2060. The molecule has 4 aromatic carbocycles. The van der Waals surface area contributed by atoms with Gasteiger partial charge in [0.25, 0.3) is 15.9 Å². The van der Waals surface area contributed by atoms with Gasteiger partial charge in [-0.3, -0.25) is 4.79 Å². The Kier molecular flexibility index (Phi) is 10.5. The summed E-state index contributed by atoms with van der Waals surface area (Å²) in [6.45, 7) is -0.506. The summed E-state index contributed by atoms with van der Waals surface area (Å²) in [5, 5.41) is 1.15. The molecule has 1 amide bonds. The van der Waals surface area contributed by atoms with E-state index in [9.17, 15) is 31.2 Å². The summed E-state index contributed by atoms with van der Waals surface area (Å²) in [5.41, 5.74) is 5.97. The molecule has 0 aromatic heterocycles. The van der Waals surface area contributed by atoms with Crippen molar-refractivity contribution in [2.24, 2.45) is 5.73 Å². The number of amides is 1. The third kappa shape index (κ3) is 7.87. The molecule has 2 N–H and O–H groups in total. The molecule has 1 heterocycles. The van der Waals surface area contributed by atoms with Gasteiger partial charge >= 0.3 is 18.1 Å². The van der Waals surface area contributed by atoms with Crippen molar-refractivity contribution in [3.05, 3.63) is 95.5 Å². The Morgan fingerprint density at radius 3 is 2.04 bits per heavy atom. The van der Waals surface area contributed by atoms with Crippen LogP contribution < -0.4 is 10.5 Å². The number of fused-ring (bicyclic) bond motifs is 1. The van der Waals surface area contributed by atoms with E-state index >= 15 is 8.78 Å². The summed E-state index contributed by atoms with van der Waals surface area (Å²) < 4.78 is 108. The molecule has 6 rings (SSSR count). The van der Waals surface area contributed by atoms with Gasteiger partial charge in [0.1, 0.15) is 5.75 Å². The number of hydrogen-bond donors (Lipinski definition) is 1. The number of hydrogen-bond acceptors (Lipinski definition) is 7. The van der Waals surface area contributed by atoms with Crippen LogP contribution in [0, 0.1) is 0 Å². The maximum Gasteiger partial charge on any atom is 0.492 e. The van der Waals surface area contributed by atoms with Crippen molar-refractivity contribution in [3.63, 3.8) is 0 Å². The largest absolute Gasteiger partial charge is 0.492 e. The minimum atomic E-state index is -5.83. The number of alkyl halides is 5. The predicted octanol–water partition coefficient (Wildman–Crippen LogP) is 7.21. The first-order valence-corrected chi connectivity index (χ1v) is 18.2. The van der Waals surface area contributed by atoms with Gasteiger partial charge in [-0.25, -0.2) is 13.2 Å². The zero-order chi connectivity index (χ0) is 37.4. The average molecular weight is 766 g/mol. The number of hydroxylamine groups is 1. The number of halogens is 6. The van der Waals surface area contributed by atoms with Crippen LogP contribution in [-0.4, -0.2) is 67.1 Å². The van der Waals surface area contributed by atoms with E-state index in [0.29, 0.717) is 27.3 Å². The van der Waals surface area contributed by atoms with Crippen LogP contribution in [0.2, 0.25) is 5.02 Å². The van der Waals surface area contributed by atoms with Crippen LogP contribution in [0.15, 0.2) is 89.8 Å². The second-order valence-corrected chi connectivity index (χ2v) is 15.0. The van der Waals surface area contributed by atoms with E-state index in [4.69, 9.17) is 22.1 Å². The topological polar surface area (TPSA) is 119 Å². The molecule has 2 atom stereocenters. The van der Waals surface area contributed by atoms with Crippen LogP contribution in [0.4, 0.5) is 22.0 Å². The minimum absolute atomic E-state index is 0.0175. The Balaban J connectivity index is 1.43. The highest BCUT2D eigenvalue weighted by molar-refractivity contribution is 7.89. The van der Waals surface area contributed by atoms with Crippen LogP contribution in [0.1, 0.15) is 37.7 Å². The number of rotatable bonds is 10. The van der Waals surface area contributed by atoms with E-state index < -0.39 is 61.0 Å². The molecule has 1 saturated heterocycles. The molecule has 0 bridgehead atoms. The van der Waals surface area contributed by atoms with E-state index in [1.54, 1.807) is 36.4 Å². The van der Waals surface area contributed by atoms with E-state index in [1.807, 2.05) is 0 Å². The van der Waals surface area contributed by atoms with Gasteiger partial charge < -0.3 is 20.2 Å². The number of nitrogens with zero attached hydrogens (tertiary/aromatic N) is 2. The molecule has 1 aliphatic carbocycles. The van der Waals surface area contributed by atoms with Crippen molar-refractivity contribution >= 4 is 44.3 Å². The first-order valence-electron chi connectivity index (χ1n) is 16.4. The number of benzene rings is 4. The summed E-state index contributed by atoms with van der Waals surface area (Å²) >= 11 is 5.94. The SMILES string of the molecule is N[C@@H]1CCN(C(=O)[C@H](N(OC(=O)C(F)(F)F)S(=O)(=O)c2ccc3cc(OC4CCCC4)ccc3c2)C(F)(F)c2ccc(-c3ccc(Cl)cc3)cc2)C1. The summed E-state index contributed by atoms with van der Waals surface area (Å²) in [6.07, 6.45) is -1.86. The fourth-order valence-electron chi connectivity index (χ4n) is 6.34. The normalized spacial score (nSPS) is 17.8. The third-order valence-electron chi connectivity index (χ3n) is 9.10. The van der Waals surface area contributed by atoms with Crippen LogP contribution in [-0.2, 0) is 30.4 Å². The van der Waals surface area contributed by atoms with E-state index in [-0.39, 0.29) is 31.0 Å². The zero-order valence-corrected chi connectivity index (χ0v) is 28.9. The van der Waals surface area contributed by atoms with Crippen molar-refractivity contribution in [1.82, 2.24) is 9.37 Å². The maximum atomic E-state index is 16.8. The smallest absolute Gasteiger partial charge is 0.490 e. The predicted molar refractivity (Wildman–Crippen MR) is 182 cm³/mol. The molecule has 1 aliphatic heterocycles. The highest BCUT2D eigenvalue weighted by Crippen LogP contribution is 2.41. The van der Waals surface area contributed by atoms with E-state index in [2.05, 4.69) is 4.84 Å². The standard InChI is InChI=1S/C36H33ClF5N3O6S/c37-27-13-7-23(8-14-27)22-5-11-26(12-6-22)35(38,39)32(33(46)44-18-17-28(43)21-44)45(51-34(47)36(40,41)42)52(48,49)31-16-10-24-19-30(15-9-25(24)20-31)50-29-3-1-2-4-29/h5-16,19-20,28-29,32H,1-4,17-18,21,43H2/t28-,32+/m1/s1. The first kappa shape index (κ1) is 37.4. The molecular formula is C36H33ClF5N3O6S. The lowest BCUT2D eigenvalue weighted by atomic mass is 9.97. The van der Waals surface area contributed by atoms with Gasteiger partial charge in [-0.05, 0) is 94.9 Å². The molecular weight excluding hydrogens is 733 g/mol. The molecule has 1 saturated carbocycles.